The SMILES string of the molecule is [2H]c1c([2H])c(-c2cccc3c2c2ccccc2n3-c2ccccc2)c([2H])c(N(c2ccc(-c3ccc4ccccc4c3)cc2)c2cccc3oc4c5ccccc5ccc4c23)c1[2H]. The number of hydrogen-bond acceptors (Lipinski definition) is 2. The van der Waals surface area contributed by atoms with Crippen molar-refractivity contribution in [2.75, 3.05) is 4.90 Å². The Labute approximate surface area is 346 Å². The third-order valence-electron chi connectivity index (χ3n) is 11.6. The molecule has 3 heteroatoms. The topological polar surface area (TPSA) is 21.3 Å². The minimum Gasteiger partial charge on any atom is -0.455 e. The van der Waals surface area contributed by atoms with Crippen molar-refractivity contribution in [3.63, 3.8) is 0 Å². The Kier molecular flexibility index (Phi) is 6.65. The van der Waals surface area contributed by atoms with Gasteiger partial charge in [0.2, 0.25) is 0 Å². The van der Waals surface area contributed by atoms with Crippen LogP contribution < -0.4 is 4.90 Å². The van der Waals surface area contributed by atoms with Crippen molar-refractivity contribution >= 4 is 82.4 Å². The first kappa shape index (κ1) is 29.4. The predicted octanol–water partition coefficient (Wildman–Crippen LogP) is 15.8. The van der Waals surface area contributed by atoms with Crippen LogP contribution in [0.3, 0.4) is 0 Å². The normalized spacial score (nSPS) is 12.7. The van der Waals surface area contributed by atoms with E-state index in [0.717, 1.165) is 71.1 Å². The van der Waals surface area contributed by atoms with Crippen LogP contribution in [0.5, 0.6) is 0 Å². The van der Waals surface area contributed by atoms with Gasteiger partial charge >= 0.3 is 0 Å². The number of nitrogens with zero attached hydrogens (tertiary/aromatic N) is 2. The molecule has 0 spiro atoms. The smallest absolute Gasteiger partial charge is 0.143 e. The van der Waals surface area contributed by atoms with Crippen LogP contribution in [-0.4, -0.2) is 4.57 Å². The number of furan rings is 1. The molecule has 276 valence electrons. The van der Waals surface area contributed by atoms with E-state index in [1.54, 1.807) is 0 Å². The van der Waals surface area contributed by atoms with Gasteiger partial charge in [-0.2, -0.15) is 0 Å². The van der Waals surface area contributed by atoms with Crippen molar-refractivity contribution in [2.24, 2.45) is 0 Å². The summed E-state index contributed by atoms with van der Waals surface area (Å²) in [5.74, 6) is 0. The summed E-state index contributed by atoms with van der Waals surface area (Å²) in [6.45, 7) is 0. The second-order valence-corrected chi connectivity index (χ2v) is 15.0. The van der Waals surface area contributed by atoms with Crippen molar-refractivity contribution in [1.29, 1.82) is 0 Å². The molecule has 0 fully saturated rings. The zero-order valence-corrected chi connectivity index (χ0v) is 31.8. The predicted molar refractivity (Wildman–Crippen MR) is 249 cm³/mol. The molecule has 12 rings (SSSR count). The van der Waals surface area contributed by atoms with Crippen LogP contribution in [0.25, 0.3) is 93.2 Å². The number of anilines is 3. The summed E-state index contributed by atoms with van der Waals surface area (Å²) in [7, 11) is 0. The zero-order chi connectivity index (χ0) is 42.3. The number of para-hydroxylation sites is 2. The van der Waals surface area contributed by atoms with Crippen molar-refractivity contribution in [3.05, 3.63) is 218 Å². The Morgan fingerprint density at radius 2 is 1.17 bits per heavy atom. The fraction of sp³-hybridized carbons (Fsp3) is 0. The first-order valence-electron chi connectivity index (χ1n) is 21.9. The molecule has 0 saturated carbocycles. The molecule has 0 aliphatic heterocycles. The highest BCUT2D eigenvalue weighted by atomic mass is 16.3. The fourth-order valence-corrected chi connectivity index (χ4v) is 8.95. The zero-order valence-electron chi connectivity index (χ0n) is 35.8. The first-order valence-corrected chi connectivity index (χ1v) is 19.9. The third kappa shape index (κ3) is 5.36. The summed E-state index contributed by atoms with van der Waals surface area (Å²) in [6, 6.07) is 64.9. The lowest BCUT2D eigenvalue weighted by Crippen LogP contribution is -2.10. The highest BCUT2D eigenvalue weighted by Gasteiger charge is 2.22. The lowest BCUT2D eigenvalue weighted by molar-refractivity contribution is 0.672. The maximum atomic E-state index is 10.2. The molecule has 3 nitrogen and oxygen atoms in total. The summed E-state index contributed by atoms with van der Waals surface area (Å²) in [6.07, 6.45) is 0. The lowest BCUT2D eigenvalue weighted by Gasteiger charge is -2.27. The van der Waals surface area contributed by atoms with Crippen molar-refractivity contribution < 1.29 is 9.90 Å². The summed E-state index contributed by atoms with van der Waals surface area (Å²) in [4.78, 5) is 1.93. The molecule has 0 N–H and O–H groups in total. The molecule has 0 aliphatic carbocycles. The van der Waals surface area contributed by atoms with E-state index >= 15 is 0 Å². The molecule has 0 amide bonds. The van der Waals surface area contributed by atoms with Crippen LogP contribution >= 0.6 is 0 Å². The third-order valence-corrected chi connectivity index (χ3v) is 11.6. The van der Waals surface area contributed by atoms with Crippen LogP contribution in [0, 0.1) is 0 Å². The van der Waals surface area contributed by atoms with Gasteiger partial charge in [-0.15, -0.1) is 0 Å². The van der Waals surface area contributed by atoms with Gasteiger partial charge in [0.25, 0.3) is 0 Å². The summed E-state index contributed by atoms with van der Waals surface area (Å²) < 4.78 is 47.8. The molecule has 0 radical (unpaired) electrons. The fourth-order valence-electron chi connectivity index (χ4n) is 8.95. The molecule has 10 aromatic carbocycles. The molecule has 59 heavy (non-hydrogen) atoms. The van der Waals surface area contributed by atoms with E-state index in [9.17, 15) is 5.48 Å². The number of rotatable bonds is 6. The van der Waals surface area contributed by atoms with Crippen molar-refractivity contribution in [2.45, 2.75) is 0 Å². The van der Waals surface area contributed by atoms with Gasteiger partial charge in [0.05, 0.1) is 27.6 Å². The van der Waals surface area contributed by atoms with Crippen LogP contribution in [0.1, 0.15) is 5.48 Å². The number of fused-ring (bicyclic) bond motifs is 9. The summed E-state index contributed by atoms with van der Waals surface area (Å²) in [5.41, 5.74) is 8.97. The average molecular weight is 757 g/mol. The van der Waals surface area contributed by atoms with Crippen molar-refractivity contribution in [3.8, 4) is 27.9 Å². The van der Waals surface area contributed by atoms with Crippen LogP contribution in [-0.2, 0) is 0 Å². The second-order valence-electron chi connectivity index (χ2n) is 15.0. The standard InChI is InChI=1S/C56H36N2O/c1-2-17-43(18-3-1)58-50-23-9-8-21-48(50)54-46(22-11-24-51(54)58)42-16-10-19-45(36-42)57(44-32-29-38(30-33-44)41-28-27-37-13-4-5-15-40(37)35-41)52-25-12-26-53-55(52)49-34-31-39-14-6-7-20-47(39)56(49)59-53/h1-36H/i10D,16D,19D,36D. The van der Waals surface area contributed by atoms with E-state index in [0.29, 0.717) is 28.1 Å². The summed E-state index contributed by atoms with van der Waals surface area (Å²) in [5, 5.41) is 7.94. The van der Waals surface area contributed by atoms with E-state index in [2.05, 4.69) is 102 Å². The molecule has 2 heterocycles. The van der Waals surface area contributed by atoms with E-state index < -0.39 is 0 Å². The van der Waals surface area contributed by atoms with Gasteiger partial charge in [-0.05, 0) is 111 Å². The van der Waals surface area contributed by atoms with E-state index in [-0.39, 0.29) is 29.9 Å². The second kappa shape index (κ2) is 13.4. The number of aromatic nitrogens is 1. The van der Waals surface area contributed by atoms with Gasteiger partial charge in [-0.1, -0.05) is 146 Å². The molecule has 2 aromatic heterocycles. The van der Waals surface area contributed by atoms with E-state index in [4.69, 9.17) is 4.42 Å². The van der Waals surface area contributed by atoms with E-state index in [1.165, 1.54) is 5.39 Å². The minimum absolute atomic E-state index is 0.0149. The van der Waals surface area contributed by atoms with Gasteiger partial charge in [0, 0.05) is 38.6 Å². The highest BCUT2D eigenvalue weighted by Crippen LogP contribution is 2.46. The molecule has 0 atom stereocenters. The average Bonchev–Trinajstić information content (AvgIpc) is 3.90. The van der Waals surface area contributed by atoms with Crippen LogP contribution in [0.15, 0.2) is 223 Å². The van der Waals surface area contributed by atoms with Crippen LogP contribution in [0.2, 0.25) is 0 Å². The highest BCUT2D eigenvalue weighted by molar-refractivity contribution is 6.20. The lowest BCUT2D eigenvalue weighted by atomic mass is 9.98. The first-order chi connectivity index (χ1) is 30.9. The molecule has 0 unspecified atom stereocenters. The molecule has 0 saturated heterocycles. The molecule has 0 aliphatic rings. The molecule has 0 bridgehead atoms. The Morgan fingerprint density at radius 1 is 0.458 bits per heavy atom. The van der Waals surface area contributed by atoms with Gasteiger partial charge in [-0.3, -0.25) is 0 Å². The Balaban J connectivity index is 1.14. The quantitative estimate of drug-likeness (QED) is 0.168. The van der Waals surface area contributed by atoms with Crippen molar-refractivity contribution in [1.82, 2.24) is 4.57 Å². The Hall–Kier alpha value is -7.88. The Morgan fingerprint density at radius 3 is 2.05 bits per heavy atom. The van der Waals surface area contributed by atoms with Gasteiger partial charge < -0.3 is 13.9 Å². The largest absolute Gasteiger partial charge is 0.455 e. The van der Waals surface area contributed by atoms with Gasteiger partial charge in [-0.25, -0.2) is 0 Å². The Bertz CT molecular complexity index is 3800. The summed E-state index contributed by atoms with van der Waals surface area (Å²) >= 11 is 0. The molecular weight excluding hydrogens is 717 g/mol. The maximum absolute atomic E-state index is 10.2. The van der Waals surface area contributed by atoms with Gasteiger partial charge in [0.15, 0.2) is 0 Å². The minimum atomic E-state index is -0.257. The monoisotopic (exact) mass is 756 g/mol. The number of hydrogen-bond donors (Lipinski definition) is 0. The van der Waals surface area contributed by atoms with Crippen LogP contribution in [0.4, 0.5) is 17.1 Å². The maximum Gasteiger partial charge on any atom is 0.143 e. The van der Waals surface area contributed by atoms with Gasteiger partial charge in [0.1, 0.15) is 11.2 Å². The van der Waals surface area contributed by atoms with E-state index in [1.807, 2.05) is 102 Å². The molecular formula is C56H36N2O. The number of benzene rings is 10. The molecule has 12 aromatic rings.